The molecule has 1 aliphatic heterocycles. The summed E-state index contributed by atoms with van der Waals surface area (Å²) in [7, 11) is 0. The van der Waals surface area contributed by atoms with Crippen LogP contribution in [-0.4, -0.2) is 59.9 Å². The van der Waals surface area contributed by atoms with Crippen LogP contribution >= 0.6 is 0 Å². The highest BCUT2D eigenvalue weighted by atomic mass is 19.1. The Morgan fingerprint density at radius 2 is 1.93 bits per heavy atom. The van der Waals surface area contributed by atoms with Gasteiger partial charge in [0.1, 0.15) is 5.82 Å². The molecule has 1 aliphatic rings. The van der Waals surface area contributed by atoms with Crippen LogP contribution in [0.3, 0.4) is 0 Å². The summed E-state index contributed by atoms with van der Waals surface area (Å²) < 4.78 is 14.9. The molecule has 3 aromatic rings. The minimum Gasteiger partial charge on any atom is -0.478 e. The molecule has 1 atom stereocenters. The first-order valence-corrected chi connectivity index (χ1v) is 9.49. The predicted molar refractivity (Wildman–Crippen MR) is 103 cm³/mol. The Bertz CT molecular complexity index is 1090. The molecule has 3 aromatic heterocycles. The number of halogens is 1. The molecule has 30 heavy (non-hydrogen) atoms. The number of carboxylic acids is 1. The fourth-order valence-corrected chi connectivity index (χ4v) is 3.61. The predicted octanol–water partition coefficient (Wildman–Crippen LogP) is 1.99. The van der Waals surface area contributed by atoms with E-state index < -0.39 is 11.8 Å². The number of carbonyl (C=O) groups excluding carboxylic acids is 1. The lowest BCUT2D eigenvalue weighted by Gasteiger charge is -2.32. The minimum atomic E-state index is -1.06. The van der Waals surface area contributed by atoms with Crippen molar-refractivity contribution in [3.63, 3.8) is 0 Å². The van der Waals surface area contributed by atoms with Gasteiger partial charge in [0.05, 0.1) is 41.1 Å². The van der Waals surface area contributed by atoms with Crippen LogP contribution in [0.1, 0.15) is 39.3 Å². The van der Waals surface area contributed by atoms with Gasteiger partial charge in [-0.25, -0.2) is 13.9 Å². The zero-order valence-corrected chi connectivity index (χ0v) is 16.0. The van der Waals surface area contributed by atoms with Crippen molar-refractivity contribution in [1.29, 1.82) is 0 Å². The van der Waals surface area contributed by atoms with Gasteiger partial charge < -0.3 is 10.0 Å². The van der Waals surface area contributed by atoms with Gasteiger partial charge in [-0.1, -0.05) is 5.21 Å². The van der Waals surface area contributed by atoms with E-state index in [0.29, 0.717) is 25.2 Å². The Kier molecular flexibility index (Phi) is 5.46. The summed E-state index contributed by atoms with van der Waals surface area (Å²) >= 11 is 0. The number of amides is 1. The topological polar surface area (TPSA) is 114 Å². The van der Waals surface area contributed by atoms with Crippen molar-refractivity contribution in [3.8, 4) is 5.69 Å². The van der Waals surface area contributed by atoms with Crippen molar-refractivity contribution in [3.05, 3.63) is 65.8 Å². The second-order valence-electron chi connectivity index (χ2n) is 7.25. The zero-order chi connectivity index (χ0) is 21.1. The van der Waals surface area contributed by atoms with Gasteiger partial charge in [-0.05, 0) is 37.3 Å². The number of carboxylic acid groups (broad SMARTS) is 1. The number of aromatic carboxylic acids is 1. The van der Waals surface area contributed by atoms with Crippen molar-refractivity contribution in [2.45, 2.75) is 19.3 Å². The van der Waals surface area contributed by atoms with Gasteiger partial charge in [0.15, 0.2) is 0 Å². The van der Waals surface area contributed by atoms with Crippen LogP contribution in [0, 0.1) is 11.7 Å². The molecule has 0 aliphatic carbocycles. The largest absolute Gasteiger partial charge is 0.478 e. The van der Waals surface area contributed by atoms with Crippen molar-refractivity contribution in [1.82, 2.24) is 29.9 Å². The number of hydrogen-bond donors (Lipinski definition) is 1. The molecule has 0 radical (unpaired) electrons. The number of aromatic nitrogens is 5. The Balaban J connectivity index is 1.43. The molecule has 1 unspecified atom stereocenters. The number of likely N-dealkylation sites (tertiary alicyclic amines) is 1. The first-order valence-electron chi connectivity index (χ1n) is 9.49. The summed E-state index contributed by atoms with van der Waals surface area (Å²) in [5.74, 6) is -1.64. The molecule has 1 N–H and O–H groups in total. The Morgan fingerprint density at radius 1 is 1.13 bits per heavy atom. The van der Waals surface area contributed by atoms with Crippen LogP contribution in [-0.2, 0) is 6.42 Å². The zero-order valence-electron chi connectivity index (χ0n) is 16.0. The molecule has 4 rings (SSSR count). The lowest BCUT2D eigenvalue weighted by atomic mass is 9.93. The maximum Gasteiger partial charge on any atom is 0.337 e. The van der Waals surface area contributed by atoms with Crippen LogP contribution in [0.25, 0.3) is 5.69 Å². The summed E-state index contributed by atoms with van der Waals surface area (Å²) in [5.41, 5.74) is 1.56. The van der Waals surface area contributed by atoms with Crippen molar-refractivity contribution >= 4 is 11.9 Å². The number of piperidine rings is 1. The monoisotopic (exact) mass is 410 g/mol. The Hall–Kier alpha value is -3.69. The number of carbonyl (C=O) groups is 2. The summed E-state index contributed by atoms with van der Waals surface area (Å²) in [4.78, 5) is 33.2. The van der Waals surface area contributed by atoms with E-state index in [-0.39, 0.29) is 23.0 Å². The third-order valence-corrected chi connectivity index (χ3v) is 5.03. The fraction of sp³-hybridized carbons (Fsp3) is 0.300. The molecular formula is C20H19FN6O3. The molecule has 0 aromatic carbocycles. The average molecular weight is 410 g/mol. The molecule has 0 spiro atoms. The summed E-state index contributed by atoms with van der Waals surface area (Å²) in [6.07, 6.45) is 9.37. The van der Waals surface area contributed by atoms with E-state index in [0.717, 1.165) is 24.7 Å². The van der Waals surface area contributed by atoms with Crippen LogP contribution in [0.5, 0.6) is 0 Å². The molecule has 0 bridgehead atoms. The first-order chi connectivity index (χ1) is 14.5. The van der Waals surface area contributed by atoms with Crippen molar-refractivity contribution in [2.24, 2.45) is 5.92 Å². The third-order valence-electron chi connectivity index (χ3n) is 5.03. The van der Waals surface area contributed by atoms with Gasteiger partial charge >= 0.3 is 5.97 Å². The van der Waals surface area contributed by atoms with E-state index in [2.05, 4.69) is 20.3 Å². The quantitative estimate of drug-likeness (QED) is 0.684. The molecule has 154 valence electrons. The molecule has 10 heteroatoms. The van der Waals surface area contributed by atoms with Gasteiger partial charge in [0.2, 0.25) is 0 Å². The third kappa shape index (κ3) is 4.32. The normalized spacial score (nSPS) is 16.4. The second-order valence-corrected chi connectivity index (χ2v) is 7.25. The van der Waals surface area contributed by atoms with E-state index in [1.807, 2.05) is 0 Å². The fourth-order valence-electron chi connectivity index (χ4n) is 3.61. The lowest BCUT2D eigenvalue weighted by molar-refractivity contribution is 0.0669. The summed E-state index contributed by atoms with van der Waals surface area (Å²) in [6, 6.07) is 2.67. The molecule has 0 saturated carbocycles. The van der Waals surface area contributed by atoms with Crippen molar-refractivity contribution < 1.29 is 19.1 Å². The van der Waals surface area contributed by atoms with Crippen LogP contribution < -0.4 is 0 Å². The molecule has 1 amide bonds. The standard InChI is InChI=1S/C20H19FN6O3/c21-16-5-14(7-22-9-16)19(28)26-3-1-2-13(11-26)4-17-12-27(25-24-17)18-6-15(20(29)30)8-23-10-18/h5-10,12-13H,1-4,11H2,(H,29,30). The maximum atomic E-state index is 13.4. The van der Waals surface area contributed by atoms with E-state index in [1.54, 1.807) is 11.1 Å². The average Bonchev–Trinajstić information content (AvgIpc) is 3.22. The summed E-state index contributed by atoms with van der Waals surface area (Å²) in [6.45, 7) is 1.16. The lowest BCUT2D eigenvalue weighted by Crippen LogP contribution is -2.40. The highest BCUT2D eigenvalue weighted by Crippen LogP contribution is 2.22. The van der Waals surface area contributed by atoms with Gasteiger partial charge in [-0.2, -0.15) is 0 Å². The maximum absolute atomic E-state index is 13.4. The summed E-state index contributed by atoms with van der Waals surface area (Å²) in [5, 5.41) is 17.3. The van der Waals surface area contributed by atoms with E-state index >= 15 is 0 Å². The van der Waals surface area contributed by atoms with Crippen LogP contribution in [0.2, 0.25) is 0 Å². The highest BCUT2D eigenvalue weighted by Gasteiger charge is 2.26. The second kappa shape index (κ2) is 8.36. The SMILES string of the molecule is O=C(O)c1cncc(-n2cc(CC3CCCN(C(=O)c4cncc(F)c4)C3)nn2)c1. The van der Waals surface area contributed by atoms with E-state index in [9.17, 15) is 14.0 Å². The number of pyridine rings is 2. The van der Waals surface area contributed by atoms with Crippen molar-refractivity contribution in [2.75, 3.05) is 13.1 Å². The molecule has 1 saturated heterocycles. The Labute approximate surface area is 171 Å². The molecule has 4 heterocycles. The number of rotatable bonds is 5. The highest BCUT2D eigenvalue weighted by molar-refractivity contribution is 5.94. The van der Waals surface area contributed by atoms with Crippen LogP contribution in [0.15, 0.2) is 43.1 Å². The molecule has 1 fully saturated rings. The minimum absolute atomic E-state index is 0.0674. The van der Waals surface area contributed by atoms with E-state index in [1.165, 1.54) is 35.4 Å². The Morgan fingerprint density at radius 3 is 2.73 bits per heavy atom. The van der Waals surface area contributed by atoms with Gasteiger partial charge in [-0.3, -0.25) is 14.8 Å². The van der Waals surface area contributed by atoms with Gasteiger partial charge in [-0.15, -0.1) is 5.10 Å². The first kappa shape index (κ1) is 19.6. The molecule has 9 nitrogen and oxygen atoms in total. The van der Waals surface area contributed by atoms with Gasteiger partial charge in [0.25, 0.3) is 5.91 Å². The van der Waals surface area contributed by atoms with Crippen LogP contribution in [0.4, 0.5) is 4.39 Å². The number of nitrogens with zero attached hydrogens (tertiary/aromatic N) is 6. The van der Waals surface area contributed by atoms with Gasteiger partial charge in [0, 0.05) is 25.5 Å². The number of hydrogen-bond acceptors (Lipinski definition) is 6. The van der Waals surface area contributed by atoms with E-state index in [4.69, 9.17) is 5.11 Å². The smallest absolute Gasteiger partial charge is 0.337 e. The molecular weight excluding hydrogens is 391 g/mol.